The molecule has 0 aliphatic rings. The Morgan fingerprint density at radius 1 is 1.00 bits per heavy atom. The predicted molar refractivity (Wildman–Crippen MR) is 108 cm³/mol. The lowest BCUT2D eigenvalue weighted by Crippen LogP contribution is -1.96. The van der Waals surface area contributed by atoms with Gasteiger partial charge in [-0.3, -0.25) is 10.1 Å². The van der Waals surface area contributed by atoms with Gasteiger partial charge in [0.15, 0.2) is 0 Å². The van der Waals surface area contributed by atoms with Crippen molar-refractivity contribution in [1.82, 2.24) is 10.1 Å². The number of nitro benzene ring substituents is 1. The zero-order valence-electron chi connectivity index (χ0n) is 15.0. The van der Waals surface area contributed by atoms with Crippen LogP contribution in [0.5, 0.6) is 5.75 Å². The number of nitro groups is 1. The maximum Gasteiger partial charge on any atom is 0.269 e. The molecule has 29 heavy (non-hydrogen) atoms. The number of aromatic nitrogens is 2. The van der Waals surface area contributed by atoms with E-state index in [-0.39, 0.29) is 12.3 Å². The van der Waals surface area contributed by atoms with Gasteiger partial charge in [0.1, 0.15) is 12.4 Å². The molecular weight excluding hydrogens is 394 g/mol. The quantitative estimate of drug-likeness (QED) is 0.307. The van der Waals surface area contributed by atoms with Crippen molar-refractivity contribution in [1.29, 1.82) is 0 Å². The molecule has 8 heteroatoms. The zero-order chi connectivity index (χ0) is 20.2. The molecule has 7 nitrogen and oxygen atoms in total. The number of hydrogen-bond acceptors (Lipinski definition) is 6. The first kappa shape index (κ1) is 18.6. The van der Waals surface area contributed by atoms with Crippen molar-refractivity contribution < 1.29 is 14.2 Å². The Kier molecular flexibility index (Phi) is 5.22. The minimum absolute atomic E-state index is 0.0457. The number of ether oxygens (including phenoxy) is 1. The van der Waals surface area contributed by atoms with Crippen molar-refractivity contribution in [2.75, 3.05) is 0 Å². The van der Waals surface area contributed by atoms with Crippen LogP contribution in [0.4, 0.5) is 5.69 Å². The largest absolute Gasteiger partial charge is 0.489 e. The summed E-state index contributed by atoms with van der Waals surface area (Å²) in [5, 5.41) is 15.4. The van der Waals surface area contributed by atoms with Crippen molar-refractivity contribution in [2.45, 2.75) is 6.61 Å². The molecule has 1 aromatic heterocycles. The van der Waals surface area contributed by atoms with Gasteiger partial charge in [-0.1, -0.05) is 28.9 Å². The molecule has 144 valence electrons. The SMILES string of the molecule is O=[N+]([O-])c1ccc(COc2cccc(-c3noc(-c4ccc(Cl)cc4)n3)c2)cc1. The third kappa shape index (κ3) is 4.41. The van der Waals surface area contributed by atoms with Gasteiger partial charge in [0.25, 0.3) is 11.6 Å². The highest BCUT2D eigenvalue weighted by molar-refractivity contribution is 6.30. The van der Waals surface area contributed by atoms with Gasteiger partial charge in [-0.05, 0) is 54.1 Å². The number of benzene rings is 3. The van der Waals surface area contributed by atoms with Gasteiger partial charge in [0, 0.05) is 28.3 Å². The molecule has 4 aromatic rings. The first-order chi connectivity index (χ1) is 14.1. The fraction of sp³-hybridized carbons (Fsp3) is 0.0476. The molecule has 1 heterocycles. The molecule has 0 bridgehead atoms. The van der Waals surface area contributed by atoms with Crippen LogP contribution in [0.25, 0.3) is 22.8 Å². The molecule has 3 aromatic carbocycles. The van der Waals surface area contributed by atoms with Crippen LogP contribution >= 0.6 is 11.6 Å². The summed E-state index contributed by atoms with van der Waals surface area (Å²) < 4.78 is 11.1. The smallest absolute Gasteiger partial charge is 0.269 e. The molecule has 4 rings (SSSR count). The first-order valence-electron chi connectivity index (χ1n) is 8.65. The highest BCUT2D eigenvalue weighted by Gasteiger charge is 2.11. The molecule has 0 amide bonds. The van der Waals surface area contributed by atoms with Gasteiger partial charge in [-0.2, -0.15) is 4.98 Å². The average molecular weight is 408 g/mol. The van der Waals surface area contributed by atoms with Crippen molar-refractivity contribution in [2.24, 2.45) is 0 Å². The summed E-state index contributed by atoms with van der Waals surface area (Å²) in [5.41, 5.74) is 2.39. The minimum Gasteiger partial charge on any atom is -0.489 e. The molecule has 0 N–H and O–H groups in total. The topological polar surface area (TPSA) is 91.3 Å². The highest BCUT2D eigenvalue weighted by Crippen LogP contribution is 2.26. The van der Waals surface area contributed by atoms with Gasteiger partial charge < -0.3 is 9.26 Å². The van der Waals surface area contributed by atoms with Crippen molar-refractivity contribution in [3.05, 3.63) is 93.5 Å². The molecule has 0 aliphatic heterocycles. The Hall–Kier alpha value is -3.71. The molecule has 0 aliphatic carbocycles. The van der Waals surface area contributed by atoms with E-state index in [2.05, 4.69) is 10.1 Å². The summed E-state index contributed by atoms with van der Waals surface area (Å²) in [5.74, 6) is 1.46. The molecule has 0 radical (unpaired) electrons. The maximum atomic E-state index is 10.7. The number of nitrogens with zero attached hydrogens (tertiary/aromatic N) is 3. The van der Waals surface area contributed by atoms with Gasteiger partial charge in [0.2, 0.25) is 5.82 Å². The van der Waals surface area contributed by atoms with Gasteiger partial charge >= 0.3 is 0 Å². The second kappa shape index (κ2) is 8.12. The van der Waals surface area contributed by atoms with Crippen LogP contribution in [0.15, 0.2) is 77.3 Å². The van der Waals surface area contributed by atoms with E-state index >= 15 is 0 Å². The van der Waals surface area contributed by atoms with Crippen molar-refractivity contribution >= 4 is 17.3 Å². The number of halogens is 1. The van der Waals surface area contributed by atoms with E-state index in [1.165, 1.54) is 12.1 Å². The van der Waals surface area contributed by atoms with E-state index in [0.717, 1.165) is 16.7 Å². The normalized spacial score (nSPS) is 10.7. The third-order valence-corrected chi connectivity index (χ3v) is 4.41. The summed E-state index contributed by atoms with van der Waals surface area (Å²) in [6.45, 7) is 0.281. The van der Waals surface area contributed by atoms with Crippen LogP contribution in [0.2, 0.25) is 5.02 Å². The fourth-order valence-electron chi connectivity index (χ4n) is 2.66. The average Bonchev–Trinajstić information content (AvgIpc) is 3.24. The molecule has 0 atom stereocenters. The lowest BCUT2D eigenvalue weighted by Gasteiger charge is -2.07. The van der Waals surface area contributed by atoms with Crippen LogP contribution in [-0.4, -0.2) is 15.1 Å². The summed E-state index contributed by atoms with van der Waals surface area (Å²) in [4.78, 5) is 14.7. The second-order valence-corrected chi connectivity index (χ2v) is 6.61. The summed E-state index contributed by atoms with van der Waals surface area (Å²) in [6.07, 6.45) is 0. The van der Waals surface area contributed by atoms with Crippen LogP contribution < -0.4 is 4.74 Å². The molecule has 0 spiro atoms. The van der Waals surface area contributed by atoms with Crippen LogP contribution in [-0.2, 0) is 6.61 Å². The lowest BCUT2D eigenvalue weighted by atomic mass is 10.2. The Balaban J connectivity index is 1.47. The Morgan fingerprint density at radius 2 is 1.76 bits per heavy atom. The Bertz CT molecular complexity index is 1140. The summed E-state index contributed by atoms with van der Waals surface area (Å²) in [6, 6.07) is 20.7. The van der Waals surface area contributed by atoms with E-state index in [4.69, 9.17) is 20.9 Å². The number of hydrogen-bond donors (Lipinski definition) is 0. The van der Waals surface area contributed by atoms with E-state index in [1.807, 2.05) is 36.4 Å². The van der Waals surface area contributed by atoms with E-state index in [1.54, 1.807) is 24.3 Å². The molecular formula is C21H14ClN3O4. The van der Waals surface area contributed by atoms with E-state index in [0.29, 0.717) is 22.5 Å². The zero-order valence-corrected chi connectivity index (χ0v) is 15.7. The highest BCUT2D eigenvalue weighted by atomic mass is 35.5. The second-order valence-electron chi connectivity index (χ2n) is 6.17. The van der Waals surface area contributed by atoms with Crippen LogP contribution in [0, 0.1) is 10.1 Å². The first-order valence-corrected chi connectivity index (χ1v) is 9.02. The van der Waals surface area contributed by atoms with Crippen LogP contribution in [0.1, 0.15) is 5.56 Å². The van der Waals surface area contributed by atoms with E-state index < -0.39 is 4.92 Å². The Morgan fingerprint density at radius 3 is 2.48 bits per heavy atom. The molecule has 0 saturated carbocycles. The monoisotopic (exact) mass is 407 g/mol. The minimum atomic E-state index is -0.433. The lowest BCUT2D eigenvalue weighted by molar-refractivity contribution is -0.384. The number of non-ortho nitro benzene ring substituents is 1. The molecule has 0 unspecified atom stereocenters. The number of rotatable bonds is 6. The van der Waals surface area contributed by atoms with Gasteiger partial charge in [-0.25, -0.2) is 0 Å². The summed E-state index contributed by atoms with van der Waals surface area (Å²) in [7, 11) is 0. The van der Waals surface area contributed by atoms with Crippen molar-refractivity contribution in [3.8, 4) is 28.6 Å². The fourth-order valence-corrected chi connectivity index (χ4v) is 2.78. The molecule has 0 fully saturated rings. The predicted octanol–water partition coefficient (Wildman–Crippen LogP) is 5.54. The molecule has 0 saturated heterocycles. The van der Waals surface area contributed by atoms with Gasteiger partial charge in [0.05, 0.1) is 4.92 Å². The van der Waals surface area contributed by atoms with Gasteiger partial charge in [-0.15, -0.1) is 0 Å². The van der Waals surface area contributed by atoms with E-state index in [9.17, 15) is 10.1 Å². The Labute approximate surface area is 170 Å². The summed E-state index contributed by atoms with van der Waals surface area (Å²) >= 11 is 5.90. The van der Waals surface area contributed by atoms with Crippen LogP contribution in [0.3, 0.4) is 0 Å². The standard InChI is InChI=1S/C21H14ClN3O4/c22-17-8-6-15(7-9-17)21-23-20(24-29-21)16-2-1-3-19(12-16)28-13-14-4-10-18(11-5-14)25(26)27/h1-12H,13H2. The third-order valence-electron chi connectivity index (χ3n) is 4.16. The van der Waals surface area contributed by atoms with Crippen molar-refractivity contribution in [3.63, 3.8) is 0 Å². The maximum absolute atomic E-state index is 10.7.